The highest BCUT2D eigenvalue weighted by Gasteiger charge is 1.99. The van der Waals surface area contributed by atoms with Gasteiger partial charge in [-0.1, -0.05) is 22.6 Å². The summed E-state index contributed by atoms with van der Waals surface area (Å²) in [5, 5.41) is 0. The number of hydrogen-bond donors (Lipinski definition) is 0. The Hall–Kier alpha value is -0.0600. The first-order valence-electron chi connectivity index (χ1n) is 2.79. The summed E-state index contributed by atoms with van der Waals surface area (Å²) >= 11 is 2.32. The average Bonchev–Trinajstić information content (AvgIpc) is 2.18. The predicted molar refractivity (Wildman–Crippen MR) is 43.8 cm³/mol. The normalized spacial score (nSPS) is 10.0. The van der Waals surface area contributed by atoms with E-state index in [0.29, 0.717) is 0 Å². The van der Waals surface area contributed by atoms with Gasteiger partial charge in [-0.15, -0.1) is 0 Å². The van der Waals surface area contributed by atoms with Crippen molar-refractivity contribution in [2.75, 3.05) is 4.43 Å². The van der Waals surface area contributed by atoms with Crippen LogP contribution >= 0.6 is 22.6 Å². The lowest BCUT2D eigenvalue weighted by molar-refractivity contribution is 0.524. The van der Waals surface area contributed by atoms with Crippen molar-refractivity contribution in [1.82, 2.24) is 4.98 Å². The second kappa shape index (κ2) is 3.20. The van der Waals surface area contributed by atoms with Gasteiger partial charge >= 0.3 is 0 Å². The van der Waals surface area contributed by atoms with E-state index in [1.165, 1.54) is 6.39 Å². The minimum Gasteiger partial charge on any atom is -0.449 e. The van der Waals surface area contributed by atoms with E-state index in [1.54, 1.807) is 0 Å². The van der Waals surface area contributed by atoms with Crippen LogP contribution in [0.25, 0.3) is 0 Å². The van der Waals surface area contributed by atoms with Gasteiger partial charge in [0.2, 0.25) is 0 Å². The molecule has 2 nitrogen and oxygen atoms in total. The fourth-order valence-corrected chi connectivity index (χ4v) is 1.17. The summed E-state index contributed by atoms with van der Waals surface area (Å²) < 4.78 is 6.10. The lowest BCUT2D eigenvalue weighted by Gasteiger charge is -1.88. The molecule has 1 aromatic heterocycles. The number of rotatable bonds is 2. The Morgan fingerprint density at radius 2 is 2.56 bits per heavy atom. The van der Waals surface area contributed by atoms with Gasteiger partial charge < -0.3 is 4.42 Å². The third kappa shape index (κ3) is 1.67. The van der Waals surface area contributed by atoms with Crippen molar-refractivity contribution >= 4 is 22.6 Å². The zero-order valence-corrected chi connectivity index (χ0v) is 7.38. The molecule has 0 amide bonds. The monoisotopic (exact) mass is 237 g/mol. The van der Waals surface area contributed by atoms with Crippen LogP contribution < -0.4 is 0 Å². The van der Waals surface area contributed by atoms with Gasteiger partial charge in [0.25, 0.3) is 0 Å². The lowest BCUT2D eigenvalue weighted by atomic mass is 10.3. The second-order valence-corrected chi connectivity index (χ2v) is 2.87. The molecule has 0 radical (unpaired) electrons. The van der Waals surface area contributed by atoms with Crippen LogP contribution in [0.5, 0.6) is 0 Å². The van der Waals surface area contributed by atoms with Crippen molar-refractivity contribution in [3.8, 4) is 0 Å². The van der Waals surface area contributed by atoms with Crippen LogP contribution in [0.15, 0.2) is 10.8 Å². The molecule has 50 valence electrons. The topological polar surface area (TPSA) is 26.0 Å². The first kappa shape index (κ1) is 7.05. The van der Waals surface area contributed by atoms with Crippen molar-refractivity contribution in [2.24, 2.45) is 0 Å². The number of oxazole rings is 1. The quantitative estimate of drug-likeness (QED) is 0.580. The SMILES string of the molecule is Cc1ocnc1CCI. The van der Waals surface area contributed by atoms with Crippen molar-refractivity contribution in [3.63, 3.8) is 0 Å². The maximum atomic E-state index is 5.00. The largest absolute Gasteiger partial charge is 0.449 e. The Labute approximate surface area is 67.8 Å². The smallest absolute Gasteiger partial charge is 0.181 e. The third-order valence-electron chi connectivity index (χ3n) is 1.18. The van der Waals surface area contributed by atoms with Crippen LogP contribution in [0.1, 0.15) is 11.5 Å². The van der Waals surface area contributed by atoms with E-state index in [9.17, 15) is 0 Å². The molecule has 0 atom stereocenters. The molecule has 9 heavy (non-hydrogen) atoms. The summed E-state index contributed by atoms with van der Waals surface area (Å²) in [5.41, 5.74) is 1.09. The summed E-state index contributed by atoms with van der Waals surface area (Å²) in [7, 11) is 0. The van der Waals surface area contributed by atoms with E-state index in [2.05, 4.69) is 27.6 Å². The van der Waals surface area contributed by atoms with Crippen LogP contribution in [0.3, 0.4) is 0 Å². The molecule has 0 N–H and O–H groups in total. The second-order valence-electron chi connectivity index (χ2n) is 1.79. The van der Waals surface area contributed by atoms with E-state index >= 15 is 0 Å². The highest BCUT2D eigenvalue weighted by atomic mass is 127. The van der Waals surface area contributed by atoms with Gasteiger partial charge in [0.15, 0.2) is 6.39 Å². The lowest BCUT2D eigenvalue weighted by Crippen LogP contribution is -1.86. The summed E-state index contributed by atoms with van der Waals surface area (Å²) in [6.07, 6.45) is 2.51. The van der Waals surface area contributed by atoms with E-state index in [0.717, 1.165) is 22.3 Å². The summed E-state index contributed by atoms with van der Waals surface area (Å²) in [4.78, 5) is 4.03. The van der Waals surface area contributed by atoms with E-state index in [4.69, 9.17) is 4.42 Å². The van der Waals surface area contributed by atoms with Crippen LogP contribution in [-0.2, 0) is 6.42 Å². The van der Waals surface area contributed by atoms with Crippen molar-refractivity contribution in [3.05, 3.63) is 17.8 Å². The number of aryl methyl sites for hydroxylation is 2. The Kier molecular flexibility index (Phi) is 2.50. The average molecular weight is 237 g/mol. The molecule has 0 fully saturated rings. The third-order valence-corrected chi connectivity index (χ3v) is 1.72. The van der Waals surface area contributed by atoms with Gasteiger partial charge in [0.1, 0.15) is 5.76 Å². The minimum absolute atomic E-state index is 0.951. The number of halogens is 1. The summed E-state index contributed by atoms with van der Waals surface area (Å²) in [5.74, 6) is 0.951. The fourth-order valence-electron chi connectivity index (χ4n) is 0.658. The summed E-state index contributed by atoms with van der Waals surface area (Å²) in [6, 6.07) is 0. The molecule has 0 bridgehead atoms. The highest BCUT2D eigenvalue weighted by molar-refractivity contribution is 14.1. The zero-order valence-electron chi connectivity index (χ0n) is 5.22. The molecule has 3 heteroatoms. The van der Waals surface area contributed by atoms with Crippen molar-refractivity contribution < 1.29 is 4.42 Å². The van der Waals surface area contributed by atoms with Gasteiger partial charge in [-0.2, -0.15) is 0 Å². The van der Waals surface area contributed by atoms with Crippen LogP contribution in [-0.4, -0.2) is 9.41 Å². The maximum Gasteiger partial charge on any atom is 0.181 e. The minimum atomic E-state index is 0.951. The fraction of sp³-hybridized carbons (Fsp3) is 0.500. The molecule has 0 aliphatic carbocycles. The predicted octanol–water partition coefficient (Wildman–Crippen LogP) is 1.96. The maximum absolute atomic E-state index is 5.00. The standard InChI is InChI=1S/C6H8INO/c1-5-6(2-3-7)8-4-9-5/h4H,2-3H2,1H3. The molecule has 1 rings (SSSR count). The Balaban J connectivity index is 2.69. The molecular weight excluding hydrogens is 229 g/mol. The number of aromatic nitrogens is 1. The van der Waals surface area contributed by atoms with E-state index in [-0.39, 0.29) is 0 Å². The Morgan fingerprint density at radius 3 is 3.00 bits per heavy atom. The van der Waals surface area contributed by atoms with Gasteiger partial charge in [-0.25, -0.2) is 4.98 Å². The van der Waals surface area contributed by atoms with E-state index in [1.807, 2.05) is 6.92 Å². The highest BCUT2D eigenvalue weighted by Crippen LogP contribution is 2.05. The first-order chi connectivity index (χ1) is 4.34. The van der Waals surface area contributed by atoms with Crippen LogP contribution in [0.4, 0.5) is 0 Å². The Bertz CT molecular complexity index is 185. The molecule has 1 aromatic rings. The first-order valence-corrected chi connectivity index (χ1v) is 4.32. The summed E-state index contributed by atoms with van der Waals surface area (Å²) in [6.45, 7) is 1.94. The number of nitrogens with zero attached hydrogens (tertiary/aromatic N) is 1. The molecule has 0 saturated heterocycles. The van der Waals surface area contributed by atoms with Gasteiger partial charge in [-0.3, -0.25) is 0 Å². The molecule has 0 aliphatic rings. The molecule has 0 aromatic carbocycles. The molecule has 0 unspecified atom stereocenters. The molecule has 0 aliphatic heterocycles. The van der Waals surface area contributed by atoms with Crippen molar-refractivity contribution in [1.29, 1.82) is 0 Å². The molecule has 1 heterocycles. The van der Waals surface area contributed by atoms with Gasteiger partial charge in [-0.05, 0) is 6.92 Å². The van der Waals surface area contributed by atoms with Gasteiger partial charge in [0, 0.05) is 10.8 Å². The van der Waals surface area contributed by atoms with Gasteiger partial charge in [0.05, 0.1) is 5.69 Å². The van der Waals surface area contributed by atoms with Crippen LogP contribution in [0, 0.1) is 6.92 Å². The van der Waals surface area contributed by atoms with E-state index < -0.39 is 0 Å². The molecular formula is C6H8INO. The number of alkyl halides is 1. The molecule has 0 saturated carbocycles. The van der Waals surface area contributed by atoms with Crippen molar-refractivity contribution in [2.45, 2.75) is 13.3 Å². The zero-order chi connectivity index (χ0) is 6.69. The molecule has 0 spiro atoms. The Morgan fingerprint density at radius 1 is 1.78 bits per heavy atom. The number of hydrogen-bond acceptors (Lipinski definition) is 2. The van der Waals surface area contributed by atoms with Crippen LogP contribution in [0.2, 0.25) is 0 Å².